The first kappa shape index (κ1) is 12.6. The first-order valence-corrected chi connectivity index (χ1v) is 4.40. The molecule has 1 heterocycles. The van der Waals surface area contributed by atoms with Crippen molar-refractivity contribution >= 4 is 17.9 Å². The van der Waals surface area contributed by atoms with Crippen LogP contribution in [0.3, 0.4) is 0 Å². The van der Waals surface area contributed by atoms with E-state index in [9.17, 15) is 18.0 Å². The van der Waals surface area contributed by atoms with E-state index in [4.69, 9.17) is 16.7 Å². The second kappa shape index (κ2) is 4.56. The lowest BCUT2D eigenvalue weighted by Gasteiger charge is -2.12. The van der Waals surface area contributed by atoms with Gasteiger partial charge in [-0.2, -0.15) is 0 Å². The number of nitrogens with zero attached hydrogens (tertiary/aromatic N) is 1. The number of pyridine rings is 1. The summed E-state index contributed by atoms with van der Waals surface area (Å²) in [4.78, 5) is 13.7. The third-order valence-electron chi connectivity index (χ3n) is 1.63. The highest BCUT2D eigenvalue weighted by Crippen LogP contribution is 2.30. The number of hydrogen-bond donors (Lipinski definition) is 1. The Labute approximate surface area is 92.6 Å². The molecular formula is C8H5ClF3NO3. The summed E-state index contributed by atoms with van der Waals surface area (Å²) in [6.45, 7) is 0. The Morgan fingerprint density at radius 1 is 1.56 bits per heavy atom. The molecule has 0 aliphatic rings. The lowest BCUT2D eigenvalue weighted by Crippen LogP contribution is -2.19. The van der Waals surface area contributed by atoms with Crippen LogP contribution in [0.2, 0.25) is 0 Å². The molecule has 16 heavy (non-hydrogen) atoms. The molecule has 0 aliphatic carbocycles. The van der Waals surface area contributed by atoms with Crippen LogP contribution in [-0.2, 0) is 5.88 Å². The molecule has 0 spiro atoms. The SMILES string of the molecule is O=Cc1c(O)cnc(OC(F)(F)F)c1CCl. The molecule has 88 valence electrons. The Morgan fingerprint density at radius 2 is 2.19 bits per heavy atom. The zero-order chi connectivity index (χ0) is 12.3. The van der Waals surface area contributed by atoms with Crippen molar-refractivity contribution in [2.24, 2.45) is 0 Å². The van der Waals surface area contributed by atoms with E-state index in [0.717, 1.165) is 0 Å². The van der Waals surface area contributed by atoms with Crippen molar-refractivity contribution in [1.82, 2.24) is 4.98 Å². The maximum absolute atomic E-state index is 11.9. The van der Waals surface area contributed by atoms with E-state index < -0.39 is 23.9 Å². The summed E-state index contributed by atoms with van der Waals surface area (Å²) < 4.78 is 39.4. The smallest absolute Gasteiger partial charge is 0.506 e. The third-order valence-corrected chi connectivity index (χ3v) is 1.89. The Balaban J connectivity index is 3.25. The second-order valence-electron chi connectivity index (χ2n) is 2.64. The fourth-order valence-electron chi connectivity index (χ4n) is 0.995. The molecule has 0 fully saturated rings. The van der Waals surface area contributed by atoms with Gasteiger partial charge in [0.2, 0.25) is 5.88 Å². The molecule has 0 saturated carbocycles. The number of carbonyl (C=O) groups excluding carboxylic acids is 1. The average Bonchev–Trinajstić information content (AvgIpc) is 2.18. The molecule has 8 heteroatoms. The molecule has 0 bridgehead atoms. The van der Waals surface area contributed by atoms with Gasteiger partial charge in [0, 0.05) is 5.56 Å². The minimum Gasteiger partial charge on any atom is -0.506 e. The van der Waals surface area contributed by atoms with Gasteiger partial charge < -0.3 is 9.84 Å². The van der Waals surface area contributed by atoms with Crippen LogP contribution in [0.5, 0.6) is 11.6 Å². The normalized spacial score (nSPS) is 11.2. The molecule has 0 radical (unpaired) electrons. The number of ether oxygens (including phenoxy) is 1. The Morgan fingerprint density at radius 3 is 2.62 bits per heavy atom. The highest BCUT2D eigenvalue weighted by Gasteiger charge is 2.33. The first-order valence-electron chi connectivity index (χ1n) is 3.86. The van der Waals surface area contributed by atoms with Crippen LogP contribution in [0.15, 0.2) is 6.20 Å². The number of halogens is 4. The lowest BCUT2D eigenvalue weighted by atomic mass is 10.1. The first-order chi connectivity index (χ1) is 7.39. The molecule has 0 unspecified atom stereocenters. The third kappa shape index (κ3) is 2.75. The van der Waals surface area contributed by atoms with Gasteiger partial charge in [0.15, 0.2) is 6.29 Å². The molecule has 0 aromatic carbocycles. The molecule has 1 aromatic heterocycles. The van der Waals surface area contributed by atoms with Gasteiger partial charge in [-0.1, -0.05) is 0 Å². The van der Waals surface area contributed by atoms with Crippen molar-refractivity contribution in [3.05, 3.63) is 17.3 Å². The van der Waals surface area contributed by atoms with E-state index in [1.165, 1.54) is 0 Å². The van der Waals surface area contributed by atoms with Gasteiger partial charge in [0.05, 0.1) is 17.6 Å². The van der Waals surface area contributed by atoms with Gasteiger partial charge in [-0.15, -0.1) is 24.8 Å². The molecule has 1 aromatic rings. The number of aromatic hydroxyl groups is 1. The van der Waals surface area contributed by atoms with Crippen molar-refractivity contribution in [1.29, 1.82) is 0 Å². The second-order valence-corrected chi connectivity index (χ2v) is 2.91. The number of aromatic nitrogens is 1. The lowest BCUT2D eigenvalue weighted by molar-refractivity contribution is -0.276. The largest absolute Gasteiger partial charge is 0.574 e. The summed E-state index contributed by atoms with van der Waals surface area (Å²) in [5.41, 5.74) is -0.682. The van der Waals surface area contributed by atoms with Gasteiger partial charge in [-0.05, 0) is 0 Å². The minimum absolute atomic E-state index is 0.179. The Hall–Kier alpha value is -1.50. The number of hydrogen-bond acceptors (Lipinski definition) is 4. The van der Waals surface area contributed by atoms with E-state index in [0.29, 0.717) is 6.20 Å². The standard InChI is InChI=1S/C8H5ClF3NO3/c9-1-4-5(3-14)6(15)2-13-7(4)16-8(10,11)12/h2-3,15H,1H2. The van der Waals surface area contributed by atoms with Crippen LogP contribution in [0.4, 0.5) is 13.2 Å². The van der Waals surface area contributed by atoms with Gasteiger partial charge in [-0.25, -0.2) is 4.98 Å². The minimum atomic E-state index is -4.94. The topological polar surface area (TPSA) is 59.4 Å². The monoisotopic (exact) mass is 255 g/mol. The van der Waals surface area contributed by atoms with Gasteiger partial charge in [0.25, 0.3) is 0 Å². The number of alkyl halides is 4. The Kier molecular flexibility index (Phi) is 3.58. The van der Waals surface area contributed by atoms with Crippen molar-refractivity contribution < 1.29 is 27.8 Å². The summed E-state index contributed by atoms with van der Waals surface area (Å²) in [6.07, 6.45) is -4.08. The van der Waals surface area contributed by atoms with E-state index in [1.54, 1.807) is 0 Å². The Bertz CT molecular complexity index is 408. The molecule has 0 atom stereocenters. The van der Waals surface area contributed by atoms with E-state index in [-0.39, 0.29) is 17.4 Å². The van der Waals surface area contributed by atoms with Gasteiger partial charge >= 0.3 is 6.36 Å². The summed E-state index contributed by atoms with van der Waals surface area (Å²) >= 11 is 5.36. The van der Waals surface area contributed by atoms with E-state index >= 15 is 0 Å². The molecule has 0 amide bonds. The van der Waals surface area contributed by atoms with Crippen LogP contribution in [-0.4, -0.2) is 22.7 Å². The summed E-state index contributed by atoms with van der Waals surface area (Å²) in [5, 5.41) is 9.16. The maximum Gasteiger partial charge on any atom is 0.574 e. The van der Waals surface area contributed by atoms with Gasteiger partial charge in [-0.3, -0.25) is 4.79 Å². The van der Waals surface area contributed by atoms with Crippen molar-refractivity contribution in [2.45, 2.75) is 12.2 Å². The van der Waals surface area contributed by atoms with Crippen molar-refractivity contribution in [3.63, 3.8) is 0 Å². The van der Waals surface area contributed by atoms with Crippen molar-refractivity contribution in [2.75, 3.05) is 0 Å². The highest BCUT2D eigenvalue weighted by atomic mass is 35.5. The predicted molar refractivity (Wildman–Crippen MR) is 47.5 cm³/mol. The zero-order valence-electron chi connectivity index (χ0n) is 7.58. The van der Waals surface area contributed by atoms with Crippen LogP contribution in [0.25, 0.3) is 0 Å². The van der Waals surface area contributed by atoms with Crippen LogP contribution >= 0.6 is 11.6 Å². The maximum atomic E-state index is 11.9. The van der Waals surface area contributed by atoms with E-state index in [2.05, 4.69) is 9.72 Å². The summed E-state index contributed by atoms with van der Waals surface area (Å²) in [7, 11) is 0. The number of carbonyl (C=O) groups is 1. The molecular weight excluding hydrogens is 251 g/mol. The fraction of sp³-hybridized carbons (Fsp3) is 0.250. The summed E-state index contributed by atoms with van der Waals surface area (Å²) in [6, 6.07) is 0. The van der Waals surface area contributed by atoms with Crippen molar-refractivity contribution in [3.8, 4) is 11.6 Å². The molecule has 0 saturated heterocycles. The molecule has 4 nitrogen and oxygen atoms in total. The molecule has 1 rings (SSSR count). The van der Waals surface area contributed by atoms with Crippen LogP contribution < -0.4 is 4.74 Å². The zero-order valence-corrected chi connectivity index (χ0v) is 8.34. The number of aldehydes is 1. The van der Waals surface area contributed by atoms with Gasteiger partial charge in [0.1, 0.15) is 5.75 Å². The predicted octanol–water partition coefficient (Wildman–Crippen LogP) is 2.24. The highest BCUT2D eigenvalue weighted by molar-refractivity contribution is 6.17. The number of rotatable bonds is 3. The summed E-state index contributed by atoms with van der Waals surface area (Å²) in [5.74, 6) is -1.84. The van der Waals surface area contributed by atoms with Crippen LogP contribution in [0.1, 0.15) is 15.9 Å². The molecule has 1 N–H and O–H groups in total. The fourth-order valence-corrected chi connectivity index (χ4v) is 1.25. The quantitative estimate of drug-likeness (QED) is 0.665. The molecule has 0 aliphatic heterocycles. The average molecular weight is 256 g/mol. The van der Waals surface area contributed by atoms with E-state index in [1.807, 2.05) is 0 Å². The van der Waals surface area contributed by atoms with Crippen LogP contribution in [0, 0.1) is 0 Å².